The predicted molar refractivity (Wildman–Crippen MR) is 78.1 cm³/mol. The van der Waals surface area contributed by atoms with Crippen LogP contribution in [0.25, 0.3) is 11.3 Å². The summed E-state index contributed by atoms with van der Waals surface area (Å²) in [6.07, 6.45) is -1.34. The number of benzene rings is 1. The van der Waals surface area contributed by atoms with Crippen LogP contribution in [0.3, 0.4) is 0 Å². The molecule has 1 aromatic carbocycles. The van der Waals surface area contributed by atoms with Crippen LogP contribution < -0.4 is 10.1 Å². The van der Waals surface area contributed by atoms with Crippen LogP contribution in [-0.2, 0) is 12.1 Å². The Morgan fingerprint density at radius 1 is 1.22 bits per heavy atom. The SMILES string of the molecule is FC(F)(F)Cn1ncc2c1-c1ccccc1OC21CCNCC1. The minimum absolute atomic E-state index is 0.533. The summed E-state index contributed by atoms with van der Waals surface area (Å²) in [4.78, 5) is 0. The fourth-order valence-corrected chi connectivity index (χ4v) is 3.51. The molecule has 2 aliphatic heterocycles. The molecule has 0 saturated carbocycles. The van der Waals surface area contributed by atoms with Gasteiger partial charge in [-0.1, -0.05) is 12.1 Å². The van der Waals surface area contributed by atoms with Crippen LogP contribution >= 0.6 is 0 Å². The van der Waals surface area contributed by atoms with Crippen LogP contribution in [0.15, 0.2) is 30.5 Å². The molecule has 1 fully saturated rings. The second-order valence-electron chi connectivity index (χ2n) is 6.02. The number of aromatic nitrogens is 2. The van der Waals surface area contributed by atoms with E-state index >= 15 is 0 Å². The number of nitrogens with one attached hydrogen (secondary N) is 1. The molecule has 0 aliphatic carbocycles. The van der Waals surface area contributed by atoms with Crippen molar-refractivity contribution in [2.75, 3.05) is 13.1 Å². The minimum Gasteiger partial charge on any atom is -0.482 e. The third-order valence-corrected chi connectivity index (χ3v) is 4.52. The van der Waals surface area contributed by atoms with Crippen LogP contribution in [-0.4, -0.2) is 29.0 Å². The number of piperidine rings is 1. The maximum atomic E-state index is 12.9. The fraction of sp³-hybridized carbons (Fsp3) is 0.438. The van der Waals surface area contributed by atoms with Gasteiger partial charge in [0.1, 0.15) is 17.9 Å². The highest BCUT2D eigenvalue weighted by molar-refractivity contribution is 5.73. The van der Waals surface area contributed by atoms with Gasteiger partial charge in [-0.05, 0) is 25.2 Å². The van der Waals surface area contributed by atoms with E-state index in [1.165, 1.54) is 0 Å². The van der Waals surface area contributed by atoms with Gasteiger partial charge in [-0.15, -0.1) is 0 Å². The quantitative estimate of drug-likeness (QED) is 0.876. The van der Waals surface area contributed by atoms with E-state index in [1.807, 2.05) is 12.1 Å². The highest BCUT2D eigenvalue weighted by Crippen LogP contribution is 2.49. The number of ether oxygens (including phenoxy) is 1. The van der Waals surface area contributed by atoms with Gasteiger partial charge in [0.2, 0.25) is 0 Å². The van der Waals surface area contributed by atoms with Crippen molar-refractivity contribution in [3.8, 4) is 17.0 Å². The minimum atomic E-state index is -4.31. The molecule has 0 bridgehead atoms. The zero-order chi connectivity index (χ0) is 16.1. The molecule has 3 heterocycles. The Balaban J connectivity index is 1.89. The van der Waals surface area contributed by atoms with Gasteiger partial charge in [-0.2, -0.15) is 18.3 Å². The molecule has 122 valence electrons. The molecule has 0 unspecified atom stereocenters. The van der Waals surface area contributed by atoms with Gasteiger partial charge in [0.05, 0.1) is 11.9 Å². The molecule has 0 radical (unpaired) electrons. The second kappa shape index (κ2) is 4.99. The molecule has 0 amide bonds. The molecule has 2 aromatic rings. The van der Waals surface area contributed by atoms with Crippen molar-refractivity contribution in [3.05, 3.63) is 36.0 Å². The molecule has 4 rings (SSSR count). The Morgan fingerprint density at radius 3 is 2.70 bits per heavy atom. The first-order chi connectivity index (χ1) is 11.0. The molecule has 4 nitrogen and oxygen atoms in total. The maximum absolute atomic E-state index is 12.9. The molecule has 1 aromatic heterocycles. The summed E-state index contributed by atoms with van der Waals surface area (Å²) in [6, 6.07) is 7.24. The standard InChI is InChI=1S/C16H16F3N3O/c17-16(18,19)10-22-14-11-3-1-2-4-13(11)23-15(12(14)9-21-22)5-7-20-8-6-15/h1-4,9,20H,5-8,10H2. The van der Waals surface area contributed by atoms with E-state index < -0.39 is 18.3 Å². The lowest BCUT2D eigenvalue weighted by Crippen LogP contribution is -2.45. The van der Waals surface area contributed by atoms with E-state index in [0.717, 1.165) is 23.3 Å². The number of para-hydroxylation sites is 1. The highest BCUT2D eigenvalue weighted by Gasteiger charge is 2.44. The first kappa shape index (κ1) is 14.6. The lowest BCUT2D eigenvalue weighted by Gasteiger charge is -2.41. The maximum Gasteiger partial charge on any atom is 0.408 e. The number of hydrogen-bond donors (Lipinski definition) is 1. The van der Waals surface area contributed by atoms with Crippen molar-refractivity contribution in [2.24, 2.45) is 0 Å². The summed E-state index contributed by atoms with van der Waals surface area (Å²) >= 11 is 0. The van der Waals surface area contributed by atoms with Crippen LogP contribution in [0.4, 0.5) is 13.2 Å². The Hall–Kier alpha value is -2.02. The van der Waals surface area contributed by atoms with E-state index in [4.69, 9.17) is 4.74 Å². The Labute approximate surface area is 131 Å². The summed E-state index contributed by atoms with van der Waals surface area (Å²) < 4.78 is 46.0. The highest BCUT2D eigenvalue weighted by atomic mass is 19.4. The van der Waals surface area contributed by atoms with Crippen molar-refractivity contribution < 1.29 is 17.9 Å². The molecule has 23 heavy (non-hydrogen) atoms. The Morgan fingerprint density at radius 2 is 1.96 bits per heavy atom. The average Bonchev–Trinajstić information content (AvgIpc) is 2.91. The van der Waals surface area contributed by atoms with E-state index in [9.17, 15) is 13.2 Å². The van der Waals surface area contributed by atoms with Gasteiger partial charge in [0.25, 0.3) is 0 Å². The zero-order valence-electron chi connectivity index (χ0n) is 12.4. The topological polar surface area (TPSA) is 39.1 Å². The lowest BCUT2D eigenvalue weighted by molar-refractivity contribution is -0.142. The zero-order valence-corrected chi connectivity index (χ0v) is 12.4. The van der Waals surface area contributed by atoms with Gasteiger partial charge in [-0.25, -0.2) is 0 Å². The summed E-state index contributed by atoms with van der Waals surface area (Å²) in [5.41, 5.74) is 1.39. The largest absolute Gasteiger partial charge is 0.482 e. The average molecular weight is 323 g/mol. The van der Waals surface area contributed by atoms with Crippen LogP contribution in [0.5, 0.6) is 5.75 Å². The Kier molecular flexibility index (Phi) is 3.16. The number of rotatable bonds is 1. The van der Waals surface area contributed by atoms with Crippen LogP contribution in [0, 0.1) is 0 Å². The third-order valence-electron chi connectivity index (χ3n) is 4.52. The van der Waals surface area contributed by atoms with Crippen molar-refractivity contribution in [2.45, 2.75) is 31.2 Å². The second-order valence-corrected chi connectivity index (χ2v) is 6.02. The van der Waals surface area contributed by atoms with Gasteiger partial charge >= 0.3 is 6.18 Å². The van der Waals surface area contributed by atoms with Gasteiger partial charge in [0, 0.05) is 24.0 Å². The molecular weight excluding hydrogens is 307 g/mol. The lowest BCUT2D eigenvalue weighted by atomic mass is 9.81. The summed E-state index contributed by atoms with van der Waals surface area (Å²) in [6.45, 7) is 0.448. The molecule has 1 spiro atoms. The predicted octanol–water partition coefficient (Wildman–Crippen LogP) is 3.08. The number of halogens is 3. The smallest absolute Gasteiger partial charge is 0.408 e. The monoisotopic (exact) mass is 323 g/mol. The fourth-order valence-electron chi connectivity index (χ4n) is 3.51. The molecule has 0 atom stereocenters. The molecule has 2 aliphatic rings. The van der Waals surface area contributed by atoms with E-state index in [1.54, 1.807) is 18.3 Å². The third kappa shape index (κ3) is 2.39. The first-order valence-electron chi connectivity index (χ1n) is 7.61. The summed E-state index contributed by atoms with van der Waals surface area (Å²) in [5.74, 6) is 0.630. The molecular formula is C16H16F3N3O. The number of fused-ring (bicyclic) bond motifs is 4. The number of alkyl halides is 3. The van der Waals surface area contributed by atoms with Crippen molar-refractivity contribution in [1.82, 2.24) is 15.1 Å². The van der Waals surface area contributed by atoms with Gasteiger partial charge in [-0.3, -0.25) is 4.68 Å². The first-order valence-corrected chi connectivity index (χ1v) is 7.61. The van der Waals surface area contributed by atoms with Crippen molar-refractivity contribution in [3.63, 3.8) is 0 Å². The van der Waals surface area contributed by atoms with E-state index in [0.29, 0.717) is 29.8 Å². The molecule has 1 saturated heterocycles. The number of nitrogens with zero attached hydrogens (tertiary/aromatic N) is 2. The van der Waals surface area contributed by atoms with E-state index in [-0.39, 0.29) is 0 Å². The summed E-state index contributed by atoms with van der Waals surface area (Å²) in [5, 5.41) is 7.30. The molecule has 1 N–H and O–H groups in total. The Bertz CT molecular complexity index is 732. The van der Waals surface area contributed by atoms with Gasteiger partial charge < -0.3 is 10.1 Å². The number of hydrogen-bond acceptors (Lipinski definition) is 3. The van der Waals surface area contributed by atoms with Gasteiger partial charge in [0.15, 0.2) is 0 Å². The van der Waals surface area contributed by atoms with Crippen molar-refractivity contribution >= 4 is 0 Å². The van der Waals surface area contributed by atoms with E-state index in [2.05, 4.69) is 10.4 Å². The van der Waals surface area contributed by atoms with Crippen LogP contribution in [0.1, 0.15) is 18.4 Å². The van der Waals surface area contributed by atoms with Crippen molar-refractivity contribution in [1.29, 1.82) is 0 Å². The molecule has 7 heteroatoms. The summed E-state index contributed by atoms with van der Waals surface area (Å²) in [7, 11) is 0. The normalized spacial score (nSPS) is 19.1. The van der Waals surface area contributed by atoms with Crippen LogP contribution in [0.2, 0.25) is 0 Å².